The van der Waals surface area contributed by atoms with Gasteiger partial charge in [0.05, 0.1) is 0 Å². The molecule has 0 radical (unpaired) electrons. The molecule has 24 heavy (non-hydrogen) atoms. The van der Waals surface area contributed by atoms with E-state index in [1.165, 1.54) is 0 Å². The van der Waals surface area contributed by atoms with Gasteiger partial charge < -0.3 is 11.1 Å². The van der Waals surface area contributed by atoms with Crippen LogP contribution >= 0.6 is 24.0 Å². The van der Waals surface area contributed by atoms with Crippen LogP contribution in [0.15, 0.2) is 29.3 Å². The van der Waals surface area contributed by atoms with Crippen LogP contribution < -0.4 is 11.1 Å². The number of aliphatic imine (C=N–C) groups is 1. The predicted octanol–water partition coefficient (Wildman–Crippen LogP) is 3.49. The fraction of sp³-hybridized carbons (Fsp3) is 0.357. The number of nitrogens with one attached hydrogen (secondary N) is 2. The summed E-state index contributed by atoms with van der Waals surface area (Å²) < 4.78 is 37.1. The van der Waals surface area contributed by atoms with Gasteiger partial charge in [-0.25, -0.2) is 9.98 Å². The van der Waals surface area contributed by atoms with Crippen LogP contribution in [0.25, 0.3) is 0 Å². The second-order valence-corrected chi connectivity index (χ2v) is 5.21. The van der Waals surface area contributed by atoms with Gasteiger partial charge in [-0.05, 0) is 23.6 Å². The number of anilines is 1. The Bertz CT molecular complexity index is 696. The van der Waals surface area contributed by atoms with E-state index in [-0.39, 0.29) is 42.3 Å². The first-order chi connectivity index (χ1) is 10.8. The first-order valence-electron chi connectivity index (χ1n) is 6.91. The molecule has 0 unspecified atom stereocenters. The molecular formula is C14H18F3IN6. The largest absolute Gasteiger partial charge is 0.453 e. The van der Waals surface area contributed by atoms with E-state index in [4.69, 9.17) is 5.73 Å². The van der Waals surface area contributed by atoms with Gasteiger partial charge in [-0.3, -0.25) is 5.10 Å². The van der Waals surface area contributed by atoms with E-state index in [0.29, 0.717) is 5.92 Å². The summed E-state index contributed by atoms with van der Waals surface area (Å²) in [5, 5.41) is 8.16. The third-order valence-corrected chi connectivity index (χ3v) is 3.01. The highest BCUT2D eigenvalue weighted by atomic mass is 127. The van der Waals surface area contributed by atoms with Crippen molar-refractivity contribution in [3.05, 3.63) is 41.5 Å². The molecule has 1 heterocycles. The van der Waals surface area contributed by atoms with Crippen molar-refractivity contribution in [1.82, 2.24) is 15.2 Å². The van der Waals surface area contributed by atoms with E-state index in [1.807, 2.05) is 24.3 Å². The number of hydrogen-bond donors (Lipinski definition) is 3. The van der Waals surface area contributed by atoms with Crippen LogP contribution in [0.5, 0.6) is 0 Å². The molecule has 0 bridgehead atoms. The molecule has 132 valence electrons. The molecule has 2 aromatic rings. The highest BCUT2D eigenvalue weighted by Gasteiger charge is 2.35. The standard InChI is InChI=1S/C14H17F3N6.HI/c1-8(2)9-4-3-5-10(6-9)20-13(18)19-7-11-21-12(23-22-11)14(15,16)17;/h3-6,8H,7H2,1-2H3,(H3,18,19,20)(H,21,22,23);1H. The van der Waals surface area contributed by atoms with Gasteiger partial charge >= 0.3 is 6.18 Å². The van der Waals surface area contributed by atoms with Crippen LogP contribution in [-0.2, 0) is 12.7 Å². The fourth-order valence-corrected chi connectivity index (χ4v) is 1.82. The lowest BCUT2D eigenvalue weighted by Crippen LogP contribution is -2.22. The van der Waals surface area contributed by atoms with E-state index < -0.39 is 12.0 Å². The van der Waals surface area contributed by atoms with Crippen molar-refractivity contribution in [3.8, 4) is 0 Å². The third-order valence-electron chi connectivity index (χ3n) is 3.01. The van der Waals surface area contributed by atoms with Gasteiger partial charge in [0.1, 0.15) is 12.4 Å². The first kappa shape index (κ1) is 20.2. The van der Waals surface area contributed by atoms with E-state index in [0.717, 1.165) is 11.3 Å². The van der Waals surface area contributed by atoms with Crippen molar-refractivity contribution in [2.45, 2.75) is 32.5 Å². The maximum absolute atomic E-state index is 12.4. The molecule has 0 saturated carbocycles. The number of halogens is 4. The van der Waals surface area contributed by atoms with Crippen LogP contribution in [0.1, 0.15) is 37.0 Å². The number of guanidine groups is 1. The van der Waals surface area contributed by atoms with Crippen molar-refractivity contribution < 1.29 is 13.2 Å². The van der Waals surface area contributed by atoms with Gasteiger partial charge in [0.25, 0.3) is 5.82 Å². The summed E-state index contributed by atoms with van der Waals surface area (Å²) in [4.78, 5) is 7.26. The highest BCUT2D eigenvalue weighted by molar-refractivity contribution is 14.0. The molecular weight excluding hydrogens is 436 g/mol. The van der Waals surface area contributed by atoms with Crippen LogP contribution in [0, 0.1) is 0 Å². The molecule has 0 aliphatic rings. The van der Waals surface area contributed by atoms with E-state index in [2.05, 4.69) is 39.3 Å². The van der Waals surface area contributed by atoms with Gasteiger partial charge in [0.2, 0.25) is 0 Å². The maximum Gasteiger partial charge on any atom is 0.453 e. The van der Waals surface area contributed by atoms with Crippen molar-refractivity contribution in [3.63, 3.8) is 0 Å². The SMILES string of the molecule is CC(C)c1cccc(NC(N)=NCc2nc(C(F)(F)F)n[nH]2)c1.I. The number of aromatic amines is 1. The third kappa shape index (κ3) is 5.65. The lowest BCUT2D eigenvalue weighted by molar-refractivity contribution is -0.144. The molecule has 0 spiro atoms. The Balaban J connectivity index is 0.00000288. The van der Waals surface area contributed by atoms with Crippen molar-refractivity contribution in [2.75, 3.05) is 5.32 Å². The smallest absolute Gasteiger partial charge is 0.370 e. The molecule has 0 fully saturated rings. The number of hydrogen-bond acceptors (Lipinski definition) is 3. The summed E-state index contributed by atoms with van der Waals surface area (Å²) in [6, 6.07) is 7.64. The molecule has 0 saturated heterocycles. The second kappa shape index (κ2) is 8.31. The Kier molecular flexibility index (Phi) is 6.99. The monoisotopic (exact) mass is 454 g/mol. The molecule has 1 aromatic carbocycles. The lowest BCUT2D eigenvalue weighted by Gasteiger charge is -2.09. The van der Waals surface area contributed by atoms with Crippen molar-refractivity contribution in [1.29, 1.82) is 0 Å². The predicted molar refractivity (Wildman–Crippen MR) is 96.3 cm³/mol. The zero-order valence-electron chi connectivity index (χ0n) is 13.1. The summed E-state index contributed by atoms with van der Waals surface area (Å²) >= 11 is 0. The molecule has 0 aliphatic heterocycles. The van der Waals surface area contributed by atoms with E-state index >= 15 is 0 Å². The van der Waals surface area contributed by atoms with Crippen LogP contribution in [0.4, 0.5) is 18.9 Å². The van der Waals surface area contributed by atoms with Gasteiger partial charge in [-0.1, -0.05) is 26.0 Å². The number of nitrogens with two attached hydrogens (primary N) is 1. The Morgan fingerprint density at radius 3 is 2.67 bits per heavy atom. The van der Waals surface area contributed by atoms with Crippen LogP contribution in [0.2, 0.25) is 0 Å². The second-order valence-electron chi connectivity index (χ2n) is 5.21. The molecule has 6 nitrogen and oxygen atoms in total. The van der Waals surface area contributed by atoms with Crippen molar-refractivity contribution in [2.24, 2.45) is 10.7 Å². The molecule has 2 rings (SSSR count). The maximum atomic E-state index is 12.4. The topological polar surface area (TPSA) is 92.0 Å². The lowest BCUT2D eigenvalue weighted by atomic mass is 10.0. The van der Waals surface area contributed by atoms with E-state index in [9.17, 15) is 13.2 Å². The summed E-state index contributed by atoms with van der Waals surface area (Å²) in [6.45, 7) is 4.00. The Morgan fingerprint density at radius 1 is 1.38 bits per heavy atom. The number of H-pyrrole nitrogens is 1. The zero-order valence-corrected chi connectivity index (χ0v) is 15.4. The number of benzene rings is 1. The Hall–Kier alpha value is -1.85. The summed E-state index contributed by atoms with van der Waals surface area (Å²) in [5.74, 6) is -0.794. The summed E-state index contributed by atoms with van der Waals surface area (Å²) in [6.07, 6.45) is -4.58. The Morgan fingerprint density at radius 2 is 2.08 bits per heavy atom. The Labute approximate surface area is 154 Å². The van der Waals surface area contributed by atoms with Gasteiger partial charge in [-0.15, -0.1) is 29.1 Å². The molecule has 0 aliphatic carbocycles. The van der Waals surface area contributed by atoms with Gasteiger partial charge in [-0.2, -0.15) is 13.2 Å². The average Bonchev–Trinajstić information content (AvgIpc) is 2.94. The van der Waals surface area contributed by atoms with Crippen LogP contribution in [-0.4, -0.2) is 21.1 Å². The van der Waals surface area contributed by atoms with Gasteiger partial charge in [0.15, 0.2) is 5.96 Å². The molecule has 0 atom stereocenters. The molecule has 1 aromatic heterocycles. The average molecular weight is 454 g/mol. The number of aromatic nitrogens is 3. The minimum Gasteiger partial charge on any atom is -0.370 e. The quantitative estimate of drug-likeness (QED) is 0.375. The minimum atomic E-state index is -4.58. The summed E-state index contributed by atoms with van der Waals surface area (Å²) in [7, 11) is 0. The number of nitrogens with zero attached hydrogens (tertiary/aromatic N) is 3. The molecule has 4 N–H and O–H groups in total. The van der Waals surface area contributed by atoms with Gasteiger partial charge in [0, 0.05) is 5.69 Å². The first-order valence-corrected chi connectivity index (χ1v) is 6.91. The zero-order chi connectivity index (χ0) is 17.0. The number of rotatable bonds is 4. The van der Waals surface area contributed by atoms with Crippen molar-refractivity contribution >= 4 is 35.6 Å². The van der Waals surface area contributed by atoms with Crippen LogP contribution in [0.3, 0.4) is 0 Å². The normalized spacial score (nSPS) is 12.2. The fourth-order valence-electron chi connectivity index (χ4n) is 1.82. The minimum absolute atomic E-state index is 0. The highest BCUT2D eigenvalue weighted by Crippen LogP contribution is 2.25. The number of alkyl halides is 3. The summed E-state index contributed by atoms with van der Waals surface area (Å²) in [5.41, 5.74) is 7.61. The molecule has 10 heteroatoms. The molecule has 0 amide bonds. The van der Waals surface area contributed by atoms with E-state index in [1.54, 1.807) is 0 Å².